The number of rotatable bonds is 4. The fraction of sp³-hybridized carbons (Fsp3) is 0.188. The van der Waals surface area contributed by atoms with Crippen LogP contribution in [0.25, 0.3) is 0 Å². The van der Waals surface area contributed by atoms with Gasteiger partial charge < -0.3 is 5.73 Å². The summed E-state index contributed by atoms with van der Waals surface area (Å²) >= 11 is 12.1. The summed E-state index contributed by atoms with van der Waals surface area (Å²) in [5.74, 6) is 0. The van der Waals surface area contributed by atoms with Gasteiger partial charge in [0.1, 0.15) is 0 Å². The Morgan fingerprint density at radius 1 is 1.19 bits per heavy atom. The van der Waals surface area contributed by atoms with Crippen molar-refractivity contribution in [1.82, 2.24) is 0 Å². The predicted octanol–water partition coefficient (Wildman–Crippen LogP) is 5.11. The Labute approximate surface area is 134 Å². The molecule has 2 aromatic rings. The third-order valence-electron chi connectivity index (χ3n) is 3.09. The highest BCUT2D eigenvalue weighted by molar-refractivity contribution is 6.35. The quantitative estimate of drug-likeness (QED) is 0.467. The largest absolute Gasteiger partial charge is 0.398 e. The van der Waals surface area contributed by atoms with Crippen LogP contribution in [0.2, 0.25) is 10.0 Å². The summed E-state index contributed by atoms with van der Waals surface area (Å²) in [5, 5.41) is 5.60. The van der Waals surface area contributed by atoms with Crippen LogP contribution in [0, 0.1) is 6.92 Å². The zero-order valence-electron chi connectivity index (χ0n) is 12.0. The van der Waals surface area contributed by atoms with Crippen LogP contribution in [0.4, 0.5) is 11.4 Å². The van der Waals surface area contributed by atoms with Crippen LogP contribution in [0.15, 0.2) is 41.5 Å². The zero-order chi connectivity index (χ0) is 15.4. The lowest BCUT2D eigenvalue weighted by Crippen LogP contribution is -2.07. The van der Waals surface area contributed by atoms with Crippen molar-refractivity contribution in [3.8, 4) is 0 Å². The van der Waals surface area contributed by atoms with Gasteiger partial charge in [0.2, 0.25) is 0 Å². The second-order valence-electron chi connectivity index (χ2n) is 4.74. The highest BCUT2D eigenvalue weighted by Crippen LogP contribution is 2.26. The molecule has 110 valence electrons. The molecule has 0 spiro atoms. The summed E-state index contributed by atoms with van der Waals surface area (Å²) in [6.45, 7) is 4.05. The zero-order valence-corrected chi connectivity index (χ0v) is 13.5. The van der Waals surface area contributed by atoms with Crippen molar-refractivity contribution >= 4 is 40.3 Å². The molecule has 0 amide bonds. The first-order valence-electron chi connectivity index (χ1n) is 6.65. The molecule has 0 heterocycles. The second-order valence-corrected chi connectivity index (χ2v) is 5.58. The molecular weight excluding hydrogens is 305 g/mol. The number of nitrogens with two attached hydrogens (primary N) is 1. The van der Waals surface area contributed by atoms with Crippen molar-refractivity contribution in [2.75, 3.05) is 11.2 Å². The third kappa shape index (κ3) is 3.90. The van der Waals surface area contributed by atoms with Gasteiger partial charge in [-0.3, -0.25) is 5.43 Å². The standard InChI is InChI=1S/C16H17Cl2N3/c1-3-15(12-8-10(2)4-7-14(12)19)20-21-16-9-11(17)5-6-13(16)18/h4-9,21H,3,19H2,1-2H3/b20-15+. The Kier molecular flexibility index (Phi) is 5.10. The summed E-state index contributed by atoms with van der Waals surface area (Å²) in [4.78, 5) is 0. The monoisotopic (exact) mass is 321 g/mol. The van der Waals surface area contributed by atoms with Gasteiger partial charge in [-0.1, -0.05) is 41.8 Å². The number of hydrogen-bond acceptors (Lipinski definition) is 3. The van der Waals surface area contributed by atoms with Crippen LogP contribution in [-0.4, -0.2) is 5.71 Å². The van der Waals surface area contributed by atoms with E-state index in [0.29, 0.717) is 21.4 Å². The summed E-state index contributed by atoms with van der Waals surface area (Å²) in [6, 6.07) is 11.1. The Morgan fingerprint density at radius 2 is 1.95 bits per heavy atom. The maximum atomic E-state index is 6.11. The van der Waals surface area contributed by atoms with E-state index in [9.17, 15) is 0 Å². The van der Waals surface area contributed by atoms with Crippen LogP contribution in [0.5, 0.6) is 0 Å². The number of benzene rings is 2. The summed E-state index contributed by atoms with van der Waals surface area (Å²) in [7, 11) is 0. The van der Waals surface area contributed by atoms with Crippen molar-refractivity contribution in [3.63, 3.8) is 0 Å². The van der Waals surface area contributed by atoms with Crippen molar-refractivity contribution in [2.45, 2.75) is 20.3 Å². The lowest BCUT2D eigenvalue weighted by atomic mass is 10.0. The summed E-state index contributed by atoms with van der Waals surface area (Å²) in [6.07, 6.45) is 0.749. The minimum absolute atomic E-state index is 0.566. The van der Waals surface area contributed by atoms with Crippen LogP contribution < -0.4 is 11.2 Å². The van der Waals surface area contributed by atoms with E-state index in [1.807, 2.05) is 32.0 Å². The van der Waals surface area contributed by atoms with E-state index >= 15 is 0 Å². The maximum Gasteiger partial charge on any atom is 0.0762 e. The molecule has 0 bridgehead atoms. The minimum atomic E-state index is 0.566. The molecule has 0 aliphatic rings. The number of halogens is 2. The average molecular weight is 322 g/mol. The van der Waals surface area contributed by atoms with Gasteiger partial charge in [0.15, 0.2) is 0 Å². The Balaban J connectivity index is 2.33. The molecule has 3 nitrogen and oxygen atoms in total. The van der Waals surface area contributed by atoms with E-state index < -0.39 is 0 Å². The van der Waals surface area contributed by atoms with Crippen molar-refractivity contribution in [2.24, 2.45) is 5.10 Å². The molecule has 0 radical (unpaired) electrons. The van der Waals surface area contributed by atoms with Crippen molar-refractivity contribution < 1.29 is 0 Å². The number of nitrogens with one attached hydrogen (secondary N) is 1. The van der Waals surface area contributed by atoms with Crippen LogP contribution in [-0.2, 0) is 0 Å². The fourth-order valence-corrected chi connectivity index (χ4v) is 2.29. The molecular formula is C16H17Cl2N3. The van der Waals surface area contributed by atoms with Crippen molar-refractivity contribution in [1.29, 1.82) is 0 Å². The Bertz CT molecular complexity index is 681. The summed E-state index contributed by atoms with van der Waals surface area (Å²) < 4.78 is 0. The van der Waals surface area contributed by atoms with E-state index in [0.717, 1.165) is 23.3 Å². The van der Waals surface area contributed by atoms with Gasteiger partial charge in [0, 0.05) is 16.3 Å². The third-order valence-corrected chi connectivity index (χ3v) is 3.66. The first kappa shape index (κ1) is 15.7. The number of hydrazone groups is 1. The lowest BCUT2D eigenvalue weighted by molar-refractivity contribution is 1.22. The molecule has 0 aromatic heterocycles. The molecule has 21 heavy (non-hydrogen) atoms. The molecule has 0 atom stereocenters. The van der Waals surface area contributed by atoms with E-state index in [1.54, 1.807) is 18.2 Å². The number of hydrogen-bond donors (Lipinski definition) is 2. The second kappa shape index (κ2) is 6.83. The highest BCUT2D eigenvalue weighted by Gasteiger charge is 2.07. The molecule has 2 aromatic carbocycles. The molecule has 0 fully saturated rings. The molecule has 0 saturated carbocycles. The lowest BCUT2D eigenvalue weighted by Gasteiger charge is -2.10. The summed E-state index contributed by atoms with van der Waals surface area (Å²) in [5.41, 5.74) is 13.3. The normalized spacial score (nSPS) is 11.5. The van der Waals surface area contributed by atoms with Crippen molar-refractivity contribution in [3.05, 3.63) is 57.6 Å². The highest BCUT2D eigenvalue weighted by atomic mass is 35.5. The van der Waals surface area contributed by atoms with Gasteiger partial charge in [-0.15, -0.1) is 0 Å². The van der Waals surface area contributed by atoms with Crippen LogP contribution >= 0.6 is 23.2 Å². The average Bonchev–Trinajstić information content (AvgIpc) is 2.46. The van der Waals surface area contributed by atoms with Gasteiger partial charge in [-0.05, 0) is 43.7 Å². The van der Waals surface area contributed by atoms with Crippen LogP contribution in [0.1, 0.15) is 24.5 Å². The van der Waals surface area contributed by atoms with E-state index in [2.05, 4.69) is 10.5 Å². The fourth-order valence-electron chi connectivity index (χ4n) is 1.96. The van der Waals surface area contributed by atoms with E-state index in [1.165, 1.54) is 0 Å². The molecule has 0 aliphatic carbocycles. The molecule has 0 unspecified atom stereocenters. The molecule has 2 rings (SSSR count). The van der Waals surface area contributed by atoms with E-state index in [-0.39, 0.29) is 0 Å². The molecule has 5 heteroatoms. The Hall–Kier alpha value is -1.71. The maximum absolute atomic E-state index is 6.11. The molecule has 0 saturated heterocycles. The number of nitrogens with zero attached hydrogens (tertiary/aromatic N) is 1. The Morgan fingerprint density at radius 3 is 2.67 bits per heavy atom. The minimum Gasteiger partial charge on any atom is -0.398 e. The first-order valence-corrected chi connectivity index (χ1v) is 7.41. The number of anilines is 2. The van der Waals surface area contributed by atoms with E-state index in [4.69, 9.17) is 28.9 Å². The van der Waals surface area contributed by atoms with Gasteiger partial charge in [-0.2, -0.15) is 5.10 Å². The van der Waals surface area contributed by atoms with Gasteiger partial charge in [0.05, 0.1) is 16.4 Å². The van der Waals surface area contributed by atoms with Gasteiger partial charge in [-0.25, -0.2) is 0 Å². The topological polar surface area (TPSA) is 50.4 Å². The molecule has 3 N–H and O–H groups in total. The van der Waals surface area contributed by atoms with Crippen LogP contribution in [0.3, 0.4) is 0 Å². The SMILES string of the molecule is CC/C(=N\Nc1cc(Cl)ccc1Cl)c1cc(C)ccc1N. The predicted molar refractivity (Wildman–Crippen MR) is 92.5 cm³/mol. The number of nitrogen functional groups attached to an aromatic ring is 1. The van der Waals surface area contributed by atoms with Gasteiger partial charge >= 0.3 is 0 Å². The first-order chi connectivity index (χ1) is 10.0. The smallest absolute Gasteiger partial charge is 0.0762 e. The molecule has 0 aliphatic heterocycles. The number of aryl methyl sites for hydroxylation is 1. The van der Waals surface area contributed by atoms with Gasteiger partial charge in [0.25, 0.3) is 0 Å².